The SMILES string of the molecule is N#Cc1cccc(C2SCC(=O)N2CCCN2CCOCC2)c1. The van der Waals surface area contributed by atoms with E-state index in [-0.39, 0.29) is 11.3 Å². The molecule has 1 amide bonds. The zero-order chi connectivity index (χ0) is 16.1. The molecule has 1 aromatic rings. The van der Waals surface area contributed by atoms with Gasteiger partial charge in [0.2, 0.25) is 5.91 Å². The lowest BCUT2D eigenvalue weighted by molar-refractivity contribution is -0.128. The molecule has 1 unspecified atom stereocenters. The van der Waals surface area contributed by atoms with Crippen molar-refractivity contribution in [2.75, 3.05) is 45.1 Å². The average Bonchev–Trinajstić information content (AvgIpc) is 2.97. The van der Waals surface area contributed by atoms with Gasteiger partial charge >= 0.3 is 0 Å². The molecule has 2 aliphatic heterocycles. The fourth-order valence-electron chi connectivity index (χ4n) is 3.02. The van der Waals surface area contributed by atoms with Crippen LogP contribution in [0, 0.1) is 11.3 Å². The minimum atomic E-state index is 0.0421. The molecule has 2 saturated heterocycles. The Balaban J connectivity index is 1.59. The summed E-state index contributed by atoms with van der Waals surface area (Å²) in [7, 11) is 0. The average molecular weight is 331 g/mol. The van der Waals surface area contributed by atoms with Crippen molar-refractivity contribution >= 4 is 17.7 Å². The molecule has 0 aliphatic carbocycles. The zero-order valence-electron chi connectivity index (χ0n) is 13.1. The fourth-order valence-corrected chi connectivity index (χ4v) is 4.23. The highest BCUT2D eigenvalue weighted by atomic mass is 32.2. The summed E-state index contributed by atoms with van der Waals surface area (Å²) in [5.41, 5.74) is 1.70. The normalized spacial score (nSPS) is 22.3. The lowest BCUT2D eigenvalue weighted by Gasteiger charge is -2.29. The van der Waals surface area contributed by atoms with Crippen molar-refractivity contribution in [3.05, 3.63) is 35.4 Å². The molecule has 0 spiro atoms. The summed E-state index contributed by atoms with van der Waals surface area (Å²) in [6.07, 6.45) is 0.973. The number of hydrogen-bond acceptors (Lipinski definition) is 5. The number of nitriles is 1. The Hall–Kier alpha value is -1.55. The maximum atomic E-state index is 12.2. The van der Waals surface area contributed by atoms with Crippen LogP contribution in [0.5, 0.6) is 0 Å². The van der Waals surface area contributed by atoms with Gasteiger partial charge in [0.1, 0.15) is 5.37 Å². The highest BCUT2D eigenvalue weighted by molar-refractivity contribution is 8.00. The van der Waals surface area contributed by atoms with Crippen LogP contribution in [0.2, 0.25) is 0 Å². The molecule has 0 radical (unpaired) electrons. The molecule has 1 aromatic carbocycles. The van der Waals surface area contributed by atoms with E-state index in [2.05, 4.69) is 11.0 Å². The molecule has 1 atom stereocenters. The highest BCUT2D eigenvalue weighted by Crippen LogP contribution is 2.38. The first-order chi connectivity index (χ1) is 11.3. The van der Waals surface area contributed by atoms with Crippen LogP contribution in [0.15, 0.2) is 24.3 Å². The second-order valence-corrected chi connectivity index (χ2v) is 6.86. The monoisotopic (exact) mass is 331 g/mol. The Morgan fingerprint density at radius 3 is 2.91 bits per heavy atom. The van der Waals surface area contributed by atoms with Crippen LogP contribution in [0.25, 0.3) is 0 Å². The van der Waals surface area contributed by atoms with Crippen molar-refractivity contribution in [3.63, 3.8) is 0 Å². The van der Waals surface area contributed by atoms with Gasteiger partial charge in [-0.05, 0) is 24.1 Å². The van der Waals surface area contributed by atoms with Gasteiger partial charge in [-0.3, -0.25) is 9.69 Å². The number of thioether (sulfide) groups is 1. The Labute approximate surface area is 141 Å². The van der Waals surface area contributed by atoms with Gasteiger partial charge in [-0.25, -0.2) is 0 Å². The molecule has 2 fully saturated rings. The first-order valence-electron chi connectivity index (χ1n) is 7.99. The minimum Gasteiger partial charge on any atom is -0.379 e. The fraction of sp³-hybridized carbons (Fsp3) is 0.529. The second kappa shape index (κ2) is 7.82. The van der Waals surface area contributed by atoms with Crippen molar-refractivity contribution in [3.8, 4) is 6.07 Å². The topological polar surface area (TPSA) is 56.6 Å². The third-order valence-corrected chi connectivity index (χ3v) is 5.50. The first kappa shape index (κ1) is 16.3. The van der Waals surface area contributed by atoms with E-state index in [9.17, 15) is 4.79 Å². The van der Waals surface area contributed by atoms with E-state index in [0.29, 0.717) is 11.3 Å². The quantitative estimate of drug-likeness (QED) is 0.824. The number of carbonyl (C=O) groups excluding carboxylic acids is 1. The molecule has 5 nitrogen and oxygen atoms in total. The second-order valence-electron chi connectivity index (χ2n) is 5.80. The van der Waals surface area contributed by atoms with Gasteiger partial charge in [-0.15, -0.1) is 11.8 Å². The van der Waals surface area contributed by atoms with E-state index in [1.807, 2.05) is 23.1 Å². The lowest BCUT2D eigenvalue weighted by atomic mass is 10.1. The summed E-state index contributed by atoms with van der Waals surface area (Å²) in [5.74, 6) is 0.725. The van der Waals surface area contributed by atoms with Crippen LogP contribution in [0.1, 0.15) is 22.9 Å². The van der Waals surface area contributed by atoms with Crippen LogP contribution >= 0.6 is 11.8 Å². The Bertz CT molecular complexity index is 596. The van der Waals surface area contributed by atoms with Crippen molar-refractivity contribution < 1.29 is 9.53 Å². The predicted molar refractivity (Wildman–Crippen MR) is 89.9 cm³/mol. The van der Waals surface area contributed by atoms with Crippen LogP contribution in [0.3, 0.4) is 0 Å². The van der Waals surface area contributed by atoms with Gasteiger partial charge in [0.05, 0.1) is 30.6 Å². The largest absolute Gasteiger partial charge is 0.379 e. The lowest BCUT2D eigenvalue weighted by Crippen LogP contribution is -2.38. The number of carbonyl (C=O) groups is 1. The van der Waals surface area contributed by atoms with Crippen LogP contribution < -0.4 is 0 Å². The third kappa shape index (κ3) is 4.05. The van der Waals surface area contributed by atoms with Crippen LogP contribution in [-0.4, -0.2) is 60.9 Å². The predicted octanol–water partition coefficient (Wildman–Crippen LogP) is 1.85. The number of ether oxygens (including phenoxy) is 1. The Kier molecular flexibility index (Phi) is 5.55. The number of morpholine rings is 1. The number of hydrogen-bond donors (Lipinski definition) is 0. The van der Waals surface area contributed by atoms with Crippen molar-refractivity contribution in [2.24, 2.45) is 0 Å². The van der Waals surface area contributed by atoms with Gasteiger partial charge in [0.25, 0.3) is 0 Å². The molecule has 2 heterocycles. The van der Waals surface area contributed by atoms with Crippen molar-refractivity contribution in [2.45, 2.75) is 11.8 Å². The molecule has 0 saturated carbocycles. The number of amides is 1. The molecule has 122 valence electrons. The van der Waals surface area contributed by atoms with Gasteiger partial charge < -0.3 is 9.64 Å². The van der Waals surface area contributed by atoms with E-state index in [1.165, 1.54) is 0 Å². The number of rotatable bonds is 5. The third-order valence-electron chi connectivity index (χ3n) is 4.25. The molecule has 0 N–H and O–H groups in total. The van der Waals surface area contributed by atoms with Crippen LogP contribution in [-0.2, 0) is 9.53 Å². The first-order valence-corrected chi connectivity index (χ1v) is 9.04. The van der Waals surface area contributed by atoms with Gasteiger partial charge in [-0.1, -0.05) is 12.1 Å². The van der Waals surface area contributed by atoms with E-state index >= 15 is 0 Å². The maximum Gasteiger partial charge on any atom is 0.233 e. The van der Waals surface area contributed by atoms with E-state index in [1.54, 1.807) is 17.8 Å². The Morgan fingerprint density at radius 1 is 1.30 bits per heavy atom. The number of benzene rings is 1. The molecular formula is C17H21N3O2S. The molecule has 23 heavy (non-hydrogen) atoms. The zero-order valence-corrected chi connectivity index (χ0v) is 13.9. The molecule has 3 rings (SSSR count). The summed E-state index contributed by atoms with van der Waals surface area (Å²) >= 11 is 1.65. The summed E-state index contributed by atoms with van der Waals surface area (Å²) in [5, 5.41) is 9.10. The van der Waals surface area contributed by atoms with E-state index < -0.39 is 0 Å². The van der Waals surface area contributed by atoms with E-state index in [0.717, 1.165) is 51.4 Å². The standard InChI is InChI=1S/C17H21N3O2S/c18-12-14-3-1-4-15(11-14)17-20(16(21)13-23-17)6-2-5-19-7-9-22-10-8-19/h1,3-4,11,17H,2,5-10,13H2. The smallest absolute Gasteiger partial charge is 0.233 e. The maximum absolute atomic E-state index is 12.2. The molecule has 6 heteroatoms. The van der Waals surface area contributed by atoms with Crippen molar-refractivity contribution in [1.82, 2.24) is 9.80 Å². The summed E-state index contributed by atoms with van der Waals surface area (Å²) in [4.78, 5) is 16.6. The Morgan fingerprint density at radius 2 is 2.13 bits per heavy atom. The summed E-state index contributed by atoms with van der Waals surface area (Å²) < 4.78 is 5.36. The minimum absolute atomic E-state index is 0.0421. The number of nitrogens with zero attached hydrogens (tertiary/aromatic N) is 3. The van der Waals surface area contributed by atoms with Gasteiger partial charge in [0, 0.05) is 26.2 Å². The van der Waals surface area contributed by atoms with Crippen molar-refractivity contribution in [1.29, 1.82) is 5.26 Å². The van der Waals surface area contributed by atoms with Gasteiger partial charge in [0.15, 0.2) is 0 Å². The highest BCUT2D eigenvalue weighted by Gasteiger charge is 2.32. The van der Waals surface area contributed by atoms with Gasteiger partial charge in [-0.2, -0.15) is 5.26 Å². The molecule has 0 bridgehead atoms. The molecular weight excluding hydrogens is 310 g/mol. The van der Waals surface area contributed by atoms with E-state index in [4.69, 9.17) is 10.00 Å². The molecule has 0 aromatic heterocycles. The summed E-state index contributed by atoms with van der Waals surface area (Å²) in [6.45, 7) is 5.35. The summed E-state index contributed by atoms with van der Waals surface area (Å²) in [6, 6.07) is 9.76. The van der Waals surface area contributed by atoms with Crippen LogP contribution in [0.4, 0.5) is 0 Å². The molecule has 2 aliphatic rings.